The van der Waals surface area contributed by atoms with Crippen molar-refractivity contribution >= 4 is 35.2 Å². The fourth-order valence-corrected chi connectivity index (χ4v) is 5.52. The number of amides is 1. The van der Waals surface area contributed by atoms with Crippen molar-refractivity contribution in [3.63, 3.8) is 0 Å². The molecule has 0 bridgehead atoms. The minimum absolute atomic E-state index is 0.0281. The van der Waals surface area contributed by atoms with Crippen molar-refractivity contribution in [3.8, 4) is 11.8 Å². The van der Waals surface area contributed by atoms with Crippen LogP contribution in [0.25, 0.3) is 11.8 Å². The van der Waals surface area contributed by atoms with Crippen molar-refractivity contribution in [3.05, 3.63) is 57.2 Å². The number of hydrogen-bond acceptors (Lipinski definition) is 6. The van der Waals surface area contributed by atoms with E-state index in [9.17, 15) is 10.1 Å². The lowest BCUT2D eigenvalue weighted by molar-refractivity contribution is 0.0584. The van der Waals surface area contributed by atoms with Crippen molar-refractivity contribution in [2.75, 3.05) is 11.4 Å². The summed E-state index contributed by atoms with van der Waals surface area (Å²) in [7, 11) is 0. The lowest BCUT2D eigenvalue weighted by Gasteiger charge is -2.30. The molecule has 1 amide bonds. The summed E-state index contributed by atoms with van der Waals surface area (Å²) in [5.41, 5.74) is 2.60. The number of aromatic nitrogens is 1. The van der Waals surface area contributed by atoms with E-state index in [-0.39, 0.29) is 12.0 Å². The molecule has 2 aromatic rings. The van der Waals surface area contributed by atoms with Gasteiger partial charge in [-0.1, -0.05) is 23.7 Å². The highest BCUT2D eigenvalue weighted by atomic mass is 35.5. The van der Waals surface area contributed by atoms with Crippen LogP contribution in [0.5, 0.6) is 5.75 Å². The molecule has 0 radical (unpaired) electrons. The van der Waals surface area contributed by atoms with Gasteiger partial charge < -0.3 is 14.5 Å². The van der Waals surface area contributed by atoms with E-state index in [1.54, 1.807) is 17.2 Å². The normalized spacial score (nSPS) is 21.1. The standard InChI is InChI=1S/C28H30ClN5O3/c1-28(2,3)37-27(35)34-13-12-21(29)24(25-26(34)20-15-31-32-16-22(20)33-25)17-8-10-19(11-9-17)36-23-7-5-4-6-18(23)14-30/h4-7,12,16-17,19,33H,8-11,13,15H2,1-3H3/t17-,19-. The molecule has 2 aliphatic heterocycles. The highest BCUT2D eigenvalue weighted by molar-refractivity contribution is 6.36. The third-order valence-corrected chi connectivity index (χ3v) is 7.21. The summed E-state index contributed by atoms with van der Waals surface area (Å²) in [6.45, 7) is 6.24. The molecule has 1 saturated carbocycles. The van der Waals surface area contributed by atoms with Gasteiger partial charge in [-0.25, -0.2) is 4.79 Å². The van der Waals surface area contributed by atoms with Gasteiger partial charge in [0.05, 0.1) is 40.8 Å². The van der Waals surface area contributed by atoms with E-state index in [4.69, 9.17) is 21.1 Å². The van der Waals surface area contributed by atoms with Crippen LogP contribution in [-0.2, 0) is 11.3 Å². The summed E-state index contributed by atoms with van der Waals surface area (Å²) in [6.07, 6.45) is 6.59. The fraction of sp³-hybridized carbons (Fsp3) is 0.429. The number of hydrogen-bond donors (Lipinski definition) is 1. The number of H-pyrrole nitrogens is 1. The summed E-state index contributed by atoms with van der Waals surface area (Å²) in [5.74, 6) is 0.810. The number of fused-ring (bicyclic) bond motifs is 3. The lowest BCUT2D eigenvalue weighted by Crippen LogP contribution is -2.39. The monoisotopic (exact) mass is 519 g/mol. The SMILES string of the molecule is CC(C)(C)OC(=O)N1CC=C(Cl)C([C@H]2CC[C@H](Oc3ccccc3C#N)CC2)=c2[nH]c3c(c21)CN=NC=3. The van der Waals surface area contributed by atoms with E-state index in [0.29, 0.717) is 29.4 Å². The zero-order valence-corrected chi connectivity index (χ0v) is 22.0. The van der Waals surface area contributed by atoms with Crippen LogP contribution in [0, 0.1) is 17.2 Å². The van der Waals surface area contributed by atoms with E-state index in [0.717, 1.165) is 53.2 Å². The average Bonchev–Trinajstić information content (AvgIpc) is 3.16. The largest absolute Gasteiger partial charge is 0.489 e. The zero-order chi connectivity index (χ0) is 26.2. The number of allylic oxidation sites excluding steroid dienone is 1. The Kier molecular flexibility index (Phi) is 6.82. The van der Waals surface area contributed by atoms with Crippen molar-refractivity contribution in [2.45, 2.75) is 64.7 Å². The Morgan fingerprint density at radius 3 is 2.70 bits per heavy atom. The molecule has 3 aliphatic rings. The van der Waals surface area contributed by atoms with E-state index in [2.05, 4.69) is 21.3 Å². The third-order valence-electron chi connectivity index (χ3n) is 6.85. The molecule has 37 heavy (non-hydrogen) atoms. The zero-order valence-electron chi connectivity index (χ0n) is 21.3. The van der Waals surface area contributed by atoms with Gasteiger partial charge in [-0.2, -0.15) is 15.5 Å². The van der Waals surface area contributed by atoms with Crippen LogP contribution in [0.4, 0.5) is 10.5 Å². The molecule has 1 aromatic heterocycles. The number of rotatable bonds is 3. The molecule has 0 spiro atoms. The van der Waals surface area contributed by atoms with E-state index in [1.165, 1.54) is 0 Å². The number of aromatic amines is 1. The molecule has 8 nitrogen and oxygen atoms in total. The Balaban J connectivity index is 1.48. The fourth-order valence-electron chi connectivity index (χ4n) is 5.21. The molecule has 9 heteroatoms. The van der Waals surface area contributed by atoms with E-state index in [1.807, 2.05) is 45.0 Å². The van der Waals surface area contributed by atoms with Gasteiger partial charge in [-0.05, 0) is 76.2 Å². The van der Waals surface area contributed by atoms with Crippen LogP contribution in [-0.4, -0.2) is 29.3 Å². The number of azo groups is 1. The number of benzene rings is 1. The molecule has 3 heterocycles. The molecule has 192 valence electrons. The second kappa shape index (κ2) is 10.1. The molecule has 5 rings (SSSR count). The quantitative estimate of drug-likeness (QED) is 0.597. The number of para-hydroxylation sites is 1. The van der Waals surface area contributed by atoms with Crippen molar-refractivity contribution in [1.29, 1.82) is 5.26 Å². The van der Waals surface area contributed by atoms with Gasteiger partial charge in [-0.15, -0.1) is 0 Å². The Morgan fingerprint density at radius 1 is 1.22 bits per heavy atom. The van der Waals surface area contributed by atoms with E-state index < -0.39 is 11.7 Å². The van der Waals surface area contributed by atoms with Crippen molar-refractivity contribution in [2.24, 2.45) is 16.1 Å². The number of anilines is 1. The maximum atomic E-state index is 13.3. The molecule has 1 N–H and O–H groups in total. The van der Waals surface area contributed by atoms with Gasteiger partial charge in [0.2, 0.25) is 0 Å². The summed E-state index contributed by atoms with van der Waals surface area (Å²) in [4.78, 5) is 18.4. The number of nitriles is 1. The summed E-state index contributed by atoms with van der Waals surface area (Å²) in [6, 6.07) is 9.54. The summed E-state index contributed by atoms with van der Waals surface area (Å²) in [5, 5.41) is 20.0. The highest BCUT2D eigenvalue weighted by Crippen LogP contribution is 2.39. The number of nitrogens with one attached hydrogen (secondary N) is 1. The second-order valence-corrected chi connectivity index (χ2v) is 10.9. The topological polar surface area (TPSA) is 103 Å². The van der Waals surface area contributed by atoms with Crippen LogP contribution in [0.3, 0.4) is 0 Å². The van der Waals surface area contributed by atoms with Crippen LogP contribution in [0.2, 0.25) is 0 Å². The summed E-state index contributed by atoms with van der Waals surface area (Å²) < 4.78 is 12.0. The first-order chi connectivity index (χ1) is 17.7. The Hall–Kier alpha value is -3.57. The lowest BCUT2D eigenvalue weighted by atomic mass is 9.81. The second-order valence-electron chi connectivity index (χ2n) is 10.5. The molecule has 0 saturated heterocycles. The van der Waals surface area contributed by atoms with Crippen molar-refractivity contribution < 1.29 is 14.3 Å². The molecule has 1 aliphatic carbocycles. The minimum atomic E-state index is -0.631. The predicted octanol–water partition coefficient (Wildman–Crippen LogP) is 5.26. The van der Waals surface area contributed by atoms with Gasteiger partial charge >= 0.3 is 6.09 Å². The Labute approximate surface area is 220 Å². The first kappa shape index (κ1) is 25.1. The first-order valence-electron chi connectivity index (χ1n) is 12.6. The molecular weight excluding hydrogens is 490 g/mol. The molecule has 0 unspecified atom stereocenters. The summed E-state index contributed by atoms with van der Waals surface area (Å²) >= 11 is 6.92. The van der Waals surface area contributed by atoms with Crippen LogP contribution in [0.15, 0.2) is 45.6 Å². The Bertz CT molecular complexity index is 1440. The predicted molar refractivity (Wildman–Crippen MR) is 142 cm³/mol. The van der Waals surface area contributed by atoms with Crippen molar-refractivity contribution in [1.82, 2.24) is 4.98 Å². The average molecular weight is 520 g/mol. The number of carbonyl (C=O) groups is 1. The molecule has 1 aromatic carbocycles. The van der Waals surface area contributed by atoms with E-state index >= 15 is 0 Å². The number of halogens is 1. The number of nitrogens with zero attached hydrogens (tertiary/aromatic N) is 4. The Morgan fingerprint density at radius 2 is 1.97 bits per heavy atom. The van der Waals surface area contributed by atoms with Crippen LogP contribution < -0.4 is 20.3 Å². The van der Waals surface area contributed by atoms with Gasteiger partial charge in [-0.3, -0.25) is 4.90 Å². The first-order valence-corrected chi connectivity index (χ1v) is 13.0. The molecule has 1 fully saturated rings. The molecule has 0 atom stereocenters. The van der Waals surface area contributed by atoms with Gasteiger partial charge in [0.25, 0.3) is 0 Å². The van der Waals surface area contributed by atoms with Gasteiger partial charge in [0, 0.05) is 17.1 Å². The minimum Gasteiger partial charge on any atom is -0.489 e. The number of ether oxygens (including phenoxy) is 2. The number of carbonyl (C=O) groups excluding carboxylic acids is 1. The third kappa shape index (κ3) is 5.14. The highest BCUT2D eigenvalue weighted by Gasteiger charge is 2.34. The van der Waals surface area contributed by atoms with Crippen LogP contribution in [0.1, 0.15) is 57.6 Å². The van der Waals surface area contributed by atoms with Gasteiger partial charge in [0.1, 0.15) is 17.4 Å². The smallest absolute Gasteiger partial charge is 0.415 e. The maximum absolute atomic E-state index is 13.3. The van der Waals surface area contributed by atoms with Crippen LogP contribution >= 0.6 is 11.6 Å². The molecular formula is C28H30ClN5O3. The van der Waals surface area contributed by atoms with Gasteiger partial charge in [0.15, 0.2) is 0 Å². The maximum Gasteiger partial charge on any atom is 0.415 e.